The number of rotatable bonds is 4. The summed E-state index contributed by atoms with van der Waals surface area (Å²) in [6.07, 6.45) is 9.23. The summed E-state index contributed by atoms with van der Waals surface area (Å²) in [6, 6.07) is 8.84. The molecule has 0 spiro atoms. The van der Waals surface area contributed by atoms with Crippen molar-refractivity contribution in [2.45, 2.75) is 70.9 Å². The first-order valence-corrected chi connectivity index (χ1v) is 10.6. The summed E-state index contributed by atoms with van der Waals surface area (Å²) in [4.78, 5) is 15.4. The van der Waals surface area contributed by atoms with Crippen LogP contribution in [0.5, 0.6) is 0 Å². The first-order chi connectivity index (χ1) is 13.7. The van der Waals surface area contributed by atoms with Crippen LogP contribution in [0.4, 0.5) is 0 Å². The molecule has 0 saturated heterocycles. The predicted molar refractivity (Wildman–Crippen MR) is 108 cm³/mol. The van der Waals surface area contributed by atoms with Crippen molar-refractivity contribution in [3.63, 3.8) is 0 Å². The second-order valence-electron chi connectivity index (χ2n) is 8.53. The van der Waals surface area contributed by atoms with Crippen molar-refractivity contribution in [3.8, 4) is 0 Å². The topological polar surface area (TPSA) is 63.4 Å². The molecule has 0 bridgehead atoms. The number of amides is 1. The SMILES string of the molecule is Cc1ccc2c(c1)cc(CN(C(=O)C1CCC1)C1CCCCC1)c1nnnn12. The number of hydrogen-bond acceptors (Lipinski definition) is 4. The van der Waals surface area contributed by atoms with Gasteiger partial charge in [0.05, 0.1) is 5.52 Å². The smallest absolute Gasteiger partial charge is 0.226 e. The summed E-state index contributed by atoms with van der Waals surface area (Å²) in [7, 11) is 0. The minimum absolute atomic E-state index is 0.219. The van der Waals surface area contributed by atoms with Crippen molar-refractivity contribution in [2.24, 2.45) is 5.92 Å². The normalized spacial score (nSPS) is 18.5. The zero-order valence-electron chi connectivity index (χ0n) is 16.5. The van der Waals surface area contributed by atoms with E-state index in [-0.39, 0.29) is 5.92 Å². The van der Waals surface area contributed by atoms with E-state index in [0.717, 1.165) is 47.8 Å². The first-order valence-electron chi connectivity index (χ1n) is 10.6. The number of aryl methyl sites for hydroxylation is 1. The monoisotopic (exact) mass is 377 g/mol. The highest BCUT2D eigenvalue weighted by atomic mass is 16.2. The molecule has 0 aliphatic heterocycles. The number of hydrogen-bond donors (Lipinski definition) is 0. The second-order valence-corrected chi connectivity index (χ2v) is 8.53. The third-order valence-electron chi connectivity index (χ3n) is 6.59. The lowest BCUT2D eigenvalue weighted by Crippen LogP contribution is -2.45. The quantitative estimate of drug-likeness (QED) is 0.688. The summed E-state index contributed by atoms with van der Waals surface area (Å²) in [5.41, 5.74) is 4.02. The molecule has 1 amide bonds. The average Bonchev–Trinajstić information content (AvgIpc) is 3.15. The van der Waals surface area contributed by atoms with Crippen molar-refractivity contribution in [2.75, 3.05) is 0 Å². The minimum Gasteiger partial charge on any atom is -0.335 e. The van der Waals surface area contributed by atoms with E-state index in [2.05, 4.69) is 51.6 Å². The van der Waals surface area contributed by atoms with E-state index < -0.39 is 0 Å². The molecule has 2 aliphatic rings. The molecule has 2 saturated carbocycles. The standard InChI is InChI=1S/C22H27N5O/c1-15-10-11-20-17(12-15)13-18(21-23-24-25-27(20)21)14-26(19-8-3-2-4-9-19)22(28)16-6-5-7-16/h10-13,16,19H,2-9,14H2,1H3. The molecule has 6 heteroatoms. The van der Waals surface area contributed by atoms with Gasteiger partial charge in [0.15, 0.2) is 5.65 Å². The van der Waals surface area contributed by atoms with Gasteiger partial charge in [-0.15, -0.1) is 5.10 Å². The van der Waals surface area contributed by atoms with Gasteiger partial charge in [-0.05, 0) is 61.2 Å². The Hall–Kier alpha value is -2.50. The highest BCUT2D eigenvalue weighted by Gasteiger charge is 2.34. The number of benzene rings is 1. The number of pyridine rings is 1. The fourth-order valence-electron chi connectivity index (χ4n) is 4.75. The maximum Gasteiger partial charge on any atom is 0.226 e. The number of fused-ring (bicyclic) bond motifs is 3. The molecule has 0 atom stereocenters. The Morgan fingerprint density at radius 3 is 2.68 bits per heavy atom. The van der Waals surface area contributed by atoms with Crippen LogP contribution in [0.2, 0.25) is 0 Å². The summed E-state index contributed by atoms with van der Waals surface area (Å²) in [6.45, 7) is 2.70. The van der Waals surface area contributed by atoms with E-state index >= 15 is 0 Å². The molecule has 5 rings (SSSR count). The third kappa shape index (κ3) is 3.05. The van der Waals surface area contributed by atoms with Crippen molar-refractivity contribution in [3.05, 3.63) is 35.4 Å². The Bertz CT molecular complexity index is 1020. The maximum absolute atomic E-state index is 13.3. The lowest BCUT2D eigenvalue weighted by molar-refractivity contribution is -0.142. The molecule has 28 heavy (non-hydrogen) atoms. The van der Waals surface area contributed by atoms with E-state index in [1.807, 2.05) is 4.52 Å². The van der Waals surface area contributed by atoms with Gasteiger partial charge in [-0.3, -0.25) is 4.79 Å². The molecule has 2 fully saturated rings. The van der Waals surface area contributed by atoms with Gasteiger partial charge in [0, 0.05) is 29.5 Å². The van der Waals surface area contributed by atoms with E-state index in [0.29, 0.717) is 18.5 Å². The summed E-state index contributed by atoms with van der Waals surface area (Å²) < 4.78 is 1.82. The largest absolute Gasteiger partial charge is 0.335 e. The molecule has 0 unspecified atom stereocenters. The minimum atomic E-state index is 0.219. The molecule has 146 valence electrons. The third-order valence-corrected chi connectivity index (χ3v) is 6.59. The summed E-state index contributed by atoms with van der Waals surface area (Å²) in [5, 5.41) is 13.5. The number of aromatic nitrogens is 4. The molecule has 1 aromatic carbocycles. The summed E-state index contributed by atoms with van der Waals surface area (Å²) >= 11 is 0. The van der Waals surface area contributed by atoms with Crippen LogP contribution < -0.4 is 0 Å². The molecule has 0 radical (unpaired) electrons. The van der Waals surface area contributed by atoms with Crippen LogP contribution in [-0.4, -0.2) is 36.9 Å². The zero-order chi connectivity index (χ0) is 19.1. The molecule has 3 aromatic rings. The number of nitrogens with zero attached hydrogens (tertiary/aromatic N) is 5. The Morgan fingerprint density at radius 2 is 1.93 bits per heavy atom. The van der Waals surface area contributed by atoms with E-state index in [9.17, 15) is 4.79 Å². The van der Waals surface area contributed by atoms with Gasteiger partial charge in [0.25, 0.3) is 0 Å². The molecule has 2 aromatic heterocycles. The van der Waals surface area contributed by atoms with Crippen molar-refractivity contribution in [1.29, 1.82) is 0 Å². The highest BCUT2D eigenvalue weighted by molar-refractivity contribution is 5.84. The average molecular weight is 377 g/mol. The Balaban J connectivity index is 1.56. The Kier molecular flexibility index (Phi) is 4.49. The van der Waals surface area contributed by atoms with E-state index in [1.54, 1.807) is 0 Å². The molecule has 6 nitrogen and oxygen atoms in total. The van der Waals surface area contributed by atoms with Crippen LogP contribution >= 0.6 is 0 Å². The lowest BCUT2D eigenvalue weighted by atomic mass is 9.83. The molecule has 0 N–H and O–H groups in total. The highest BCUT2D eigenvalue weighted by Crippen LogP contribution is 2.33. The fourth-order valence-corrected chi connectivity index (χ4v) is 4.75. The zero-order valence-corrected chi connectivity index (χ0v) is 16.5. The van der Waals surface area contributed by atoms with Gasteiger partial charge in [-0.2, -0.15) is 4.52 Å². The molecular weight excluding hydrogens is 350 g/mol. The van der Waals surface area contributed by atoms with Crippen LogP contribution in [0.3, 0.4) is 0 Å². The second kappa shape index (κ2) is 7.15. The molecule has 2 aliphatic carbocycles. The lowest BCUT2D eigenvalue weighted by Gasteiger charge is -2.38. The number of carbonyl (C=O) groups excluding carboxylic acids is 1. The van der Waals surface area contributed by atoms with Gasteiger partial charge in [-0.1, -0.05) is 37.3 Å². The molecule has 2 heterocycles. The summed E-state index contributed by atoms with van der Waals surface area (Å²) in [5.74, 6) is 0.560. The number of carbonyl (C=O) groups is 1. The number of tetrazole rings is 1. The van der Waals surface area contributed by atoms with Crippen LogP contribution in [0.15, 0.2) is 24.3 Å². The van der Waals surface area contributed by atoms with Crippen LogP contribution in [0.25, 0.3) is 16.6 Å². The fraction of sp³-hybridized carbons (Fsp3) is 0.545. The van der Waals surface area contributed by atoms with Gasteiger partial charge in [-0.25, -0.2) is 0 Å². The first kappa shape index (κ1) is 17.6. The Morgan fingerprint density at radius 1 is 1.11 bits per heavy atom. The van der Waals surface area contributed by atoms with Gasteiger partial charge < -0.3 is 4.90 Å². The van der Waals surface area contributed by atoms with Crippen molar-refractivity contribution in [1.82, 2.24) is 24.9 Å². The van der Waals surface area contributed by atoms with E-state index in [4.69, 9.17) is 0 Å². The predicted octanol–water partition coefficient (Wildman–Crippen LogP) is 4.05. The van der Waals surface area contributed by atoms with E-state index in [1.165, 1.54) is 31.2 Å². The van der Waals surface area contributed by atoms with Crippen LogP contribution in [0, 0.1) is 12.8 Å². The van der Waals surface area contributed by atoms with Gasteiger partial charge in [0.1, 0.15) is 0 Å². The van der Waals surface area contributed by atoms with Crippen LogP contribution in [-0.2, 0) is 11.3 Å². The molecular formula is C22H27N5O. The van der Waals surface area contributed by atoms with Crippen molar-refractivity contribution >= 4 is 22.5 Å². The van der Waals surface area contributed by atoms with Gasteiger partial charge >= 0.3 is 0 Å². The Labute approximate surface area is 164 Å². The van der Waals surface area contributed by atoms with Crippen LogP contribution in [0.1, 0.15) is 62.5 Å². The van der Waals surface area contributed by atoms with Crippen molar-refractivity contribution < 1.29 is 4.79 Å². The maximum atomic E-state index is 13.3. The van der Waals surface area contributed by atoms with Gasteiger partial charge in [0.2, 0.25) is 5.91 Å².